The van der Waals surface area contributed by atoms with Crippen molar-refractivity contribution in [3.8, 4) is 0 Å². The molecule has 2 aromatic rings. The lowest BCUT2D eigenvalue weighted by Crippen LogP contribution is -2.10. The quantitative estimate of drug-likeness (QED) is 0.475. The van der Waals surface area contributed by atoms with Crippen LogP contribution in [0.15, 0.2) is 18.6 Å². The molecule has 2 aromatic heterocycles. The summed E-state index contributed by atoms with van der Waals surface area (Å²) in [6, 6.07) is 1.85. The Hall–Kier alpha value is -2.44. The highest BCUT2D eigenvalue weighted by molar-refractivity contribution is 5.97. The number of hydrogen-bond donors (Lipinski definition) is 0. The second kappa shape index (κ2) is 5.28. The van der Waals surface area contributed by atoms with Gasteiger partial charge >= 0.3 is 5.82 Å². The molecule has 2 heterocycles. The van der Waals surface area contributed by atoms with Crippen molar-refractivity contribution in [2.75, 3.05) is 0 Å². The highest BCUT2D eigenvalue weighted by Gasteiger charge is 2.17. The number of ketones is 1. The van der Waals surface area contributed by atoms with Gasteiger partial charge in [-0.05, 0) is 36.7 Å². The molecule has 0 amide bonds. The summed E-state index contributed by atoms with van der Waals surface area (Å²) in [5, 5.41) is 10.6. The van der Waals surface area contributed by atoms with Gasteiger partial charge in [0.1, 0.15) is 6.20 Å². The molecule has 7 nitrogen and oxygen atoms in total. The third-order valence-electron chi connectivity index (χ3n) is 3.32. The van der Waals surface area contributed by atoms with Crippen molar-refractivity contribution in [2.24, 2.45) is 0 Å². The molecule has 7 heteroatoms. The van der Waals surface area contributed by atoms with Gasteiger partial charge in [-0.25, -0.2) is 0 Å². The highest BCUT2D eigenvalue weighted by atomic mass is 16.6. The molecule has 20 heavy (non-hydrogen) atoms. The maximum Gasteiger partial charge on any atom is 0.381 e. The first-order valence-electron chi connectivity index (χ1n) is 6.30. The lowest BCUT2D eigenvalue weighted by atomic mass is 10.1. The maximum absolute atomic E-state index is 12.3. The molecule has 0 radical (unpaired) electrons. The molecule has 2 rings (SSSR count). The summed E-state index contributed by atoms with van der Waals surface area (Å²) in [6.45, 7) is 6.74. The van der Waals surface area contributed by atoms with Gasteiger partial charge in [-0.3, -0.25) is 4.79 Å². The van der Waals surface area contributed by atoms with Crippen LogP contribution in [0, 0.1) is 24.0 Å². The Morgan fingerprint density at radius 2 is 2.15 bits per heavy atom. The molecule has 0 saturated carbocycles. The number of nitro groups is 1. The summed E-state index contributed by atoms with van der Waals surface area (Å²) in [7, 11) is 0. The van der Waals surface area contributed by atoms with Crippen LogP contribution in [0.5, 0.6) is 0 Å². The minimum absolute atomic E-state index is 0.0504. The molecule has 0 bridgehead atoms. The minimum atomic E-state index is -0.579. The van der Waals surface area contributed by atoms with E-state index in [1.165, 1.54) is 17.1 Å². The van der Waals surface area contributed by atoms with E-state index in [4.69, 9.17) is 0 Å². The molecule has 0 aromatic carbocycles. The zero-order valence-corrected chi connectivity index (χ0v) is 11.7. The molecule has 0 spiro atoms. The predicted octanol–water partition coefficient (Wildman–Crippen LogP) is 2.11. The zero-order chi connectivity index (χ0) is 14.9. The number of imidazole rings is 1. The van der Waals surface area contributed by atoms with E-state index in [1.807, 2.05) is 26.8 Å². The monoisotopic (exact) mass is 276 g/mol. The van der Waals surface area contributed by atoms with Crippen molar-refractivity contribution < 1.29 is 9.72 Å². The Morgan fingerprint density at radius 3 is 2.65 bits per heavy atom. The van der Waals surface area contributed by atoms with Crippen molar-refractivity contribution in [1.29, 1.82) is 0 Å². The molecular formula is C13H16N4O3. The first kappa shape index (κ1) is 14.0. The lowest BCUT2D eigenvalue weighted by Gasteiger charge is -2.05. The smallest absolute Gasteiger partial charge is 0.358 e. The van der Waals surface area contributed by atoms with Gasteiger partial charge in [-0.1, -0.05) is 0 Å². The predicted molar refractivity (Wildman–Crippen MR) is 72.8 cm³/mol. The number of rotatable bonds is 5. The summed E-state index contributed by atoms with van der Waals surface area (Å²) in [6.07, 6.45) is 2.56. The molecule has 0 fully saturated rings. The second-order valence-corrected chi connectivity index (χ2v) is 4.61. The average Bonchev–Trinajstić information content (AvgIpc) is 2.94. The summed E-state index contributed by atoms with van der Waals surface area (Å²) >= 11 is 0. The van der Waals surface area contributed by atoms with E-state index in [2.05, 4.69) is 9.55 Å². The van der Waals surface area contributed by atoms with E-state index in [-0.39, 0.29) is 18.1 Å². The van der Waals surface area contributed by atoms with Crippen molar-refractivity contribution in [2.45, 2.75) is 33.9 Å². The number of carbonyl (C=O) groups is 1. The van der Waals surface area contributed by atoms with Crippen LogP contribution in [0.3, 0.4) is 0 Å². The van der Waals surface area contributed by atoms with E-state index in [9.17, 15) is 14.9 Å². The van der Waals surface area contributed by atoms with Crippen LogP contribution in [0.2, 0.25) is 0 Å². The first-order valence-corrected chi connectivity index (χ1v) is 6.30. The van der Waals surface area contributed by atoms with Gasteiger partial charge < -0.3 is 19.2 Å². The Kier molecular flexibility index (Phi) is 3.69. The van der Waals surface area contributed by atoms with Crippen LogP contribution in [0.25, 0.3) is 0 Å². The SMILES string of the molecule is CCn1c(C)cc(C(=O)Cn2cnc([N+](=O)[O-])c2)c1C. The number of carbonyl (C=O) groups excluding carboxylic acids is 1. The molecule has 0 unspecified atom stereocenters. The molecule has 106 valence electrons. The fourth-order valence-corrected chi connectivity index (χ4v) is 2.35. The Bertz CT molecular complexity index is 669. The number of nitrogens with zero attached hydrogens (tertiary/aromatic N) is 4. The third-order valence-corrected chi connectivity index (χ3v) is 3.32. The standard InChI is InChI=1S/C13H16N4O3/c1-4-16-9(2)5-11(10(16)3)12(18)6-15-7-13(14-8-15)17(19)20/h5,7-8H,4,6H2,1-3H3. The van der Waals surface area contributed by atoms with Gasteiger partial charge in [0.25, 0.3) is 0 Å². The number of aromatic nitrogens is 3. The van der Waals surface area contributed by atoms with Crippen LogP contribution >= 0.6 is 0 Å². The van der Waals surface area contributed by atoms with E-state index < -0.39 is 4.92 Å². The topological polar surface area (TPSA) is 83.0 Å². The number of aryl methyl sites for hydroxylation is 1. The van der Waals surface area contributed by atoms with Gasteiger partial charge in [0.15, 0.2) is 5.78 Å². The van der Waals surface area contributed by atoms with Crippen LogP contribution in [-0.4, -0.2) is 24.8 Å². The molecule has 0 aliphatic carbocycles. The van der Waals surface area contributed by atoms with Crippen molar-refractivity contribution in [3.63, 3.8) is 0 Å². The van der Waals surface area contributed by atoms with Gasteiger partial charge in [-0.15, -0.1) is 0 Å². The Balaban J connectivity index is 2.21. The van der Waals surface area contributed by atoms with E-state index in [1.54, 1.807) is 0 Å². The lowest BCUT2D eigenvalue weighted by molar-refractivity contribution is -0.389. The molecule has 0 atom stereocenters. The Labute approximate surface area is 116 Å². The normalized spacial score (nSPS) is 10.8. The van der Waals surface area contributed by atoms with Crippen LogP contribution in [0.4, 0.5) is 5.82 Å². The second-order valence-electron chi connectivity index (χ2n) is 4.61. The molecular weight excluding hydrogens is 260 g/mol. The van der Waals surface area contributed by atoms with E-state index in [0.717, 1.165) is 17.9 Å². The van der Waals surface area contributed by atoms with Crippen LogP contribution < -0.4 is 0 Å². The van der Waals surface area contributed by atoms with Crippen molar-refractivity contribution in [1.82, 2.24) is 14.1 Å². The largest absolute Gasteiger partial charge is 0.381 e. The molecule has 0 saturated heterocycles. The first-order chi connectivity index (χ1) is 9.43. The maximum atomic E-state index is 12.3. The fraction of sp³-hybridized carbons (Fsp3) is 0.385. The number of Topliss-reactive ketones (excluding diaryl/α,β-unsaturated/α-hetero) is 1. The summed E-state index contributed by atoms with van der Waals surface area (Å²) in [4.78, 5) is 25.9. The van der Waals surface area contributed by atoms with Gasteiger partial charge in [0, 0.05) is 23.5 Å². The molecule has 0 aliphatic rings. The van der Waals surface area contributed by atoms with Crippen LogP contribution in [-0.2, 0) is 13.1 Å². The van der Waals surface area contributed by atoms with Crippen LogP contribution in [0.1, 0.15) is 28.7 Å². The van der Waals surface area contributed by atoms with E-state index in [0.29, 0.717) is 5.56 Å². The minimum Gasteiger partial charge on any atom is -0.358 e. The zero-order valence-electron chi connectivity index (χ0n) is 11.7. The number of hydrogen-bond acceptors (Lipinski definition) is 4. The fourth-order valence-electron chi connectivity index (χ4n) is 2.35. The van der Waals surface area contributed by atoms with Crippen molar-refractivity contribution >= 4 is 11.6 Å². The Morgan fingerprint density at radius 1 is 1.45 bits per heavy atom. The average molecular weight is 276 g/mol. The third kappa shape index (κ3) is 2.47. The molecule has 0 aliphatic heterocycles. The summed E-state index contributed by atoms with van der Waals surface area (Å²) < 4.78 is 3.49. The van der Waals surface area contributed by atoms with Gasteiger partial charge in [0.05, 0.1) is 6.54 Å². The summed E-state index contributed by atoms with van der Waals surface area (Å²) in [5.74, 6) is -0.332. The van der Waals surface area contributed by atoms with Gasteiger partial charge in [0.2, 0.25) is 6.33 Å². The van der Waals surface area contributed by atoms with Gasteiger partial charge in [-0.2, -0.15) is 0 Å². The summed E-state index contributed by atoms with van der Waals surface area (Å²) in [5.41, 5.74) is 2.61. The van der Waals surface area contributed by atoms with E-state index >= 15 is 0 Å². The van der Waals surface area contributed by atoms with Crippen molar-refractivity contribution in [3.05, 3.63) is 45.7 Å². The molecule has 0 N–H and O–H groups in total. The highest BCUT2D eigenvalue weighted by Crippen LogP contribution is 2.16.